The zero-order valence-electron chi connectivity index (χ0n) is 20.5. The summed E-state index contributed by atoms with van der Waals surface area (Å²) in [6, 6.07) is 6.99. The van der Waals surface area contributed by atoms with Gasteiger partial charge in [-0.05, 0) is 35.8 Å². The van der Waals surface area contributed by atoms with E-state index in [9.17, 15) is 9.59 Å². The first-order valence-corrected chi connectivity index (χ1v) is 12.1. The van der Waals surface area contributed by atoms with Gasteiger partial charge >= 0.3 is 11.9 Å². The molecule has 0 aromatic heterocycles. The minimum Gasteiger partial charge on any atom is -0.470 e. The van der Waals surface area contributed by atoms with E-state index in [1.54, 1.807) is 24.3 Å². The molecular formula is C26H40O6. The Hall–Kier alpha value is -2.24. The lowest BCUT2D eigenvalue weighted by Gasteiger charge is -2.32. The van der Waals surface area contributed by atoms with Crippen molar-refractivity contribution < 1.29 is 28.5 Å². The molecular weight excluding hydrogens is 408 g/mol. The van der Waals surface area contributed by atoms with E-state index in [1.807, 2.05) is 0 Å². The van der Waals surface area contributed by atoms with Crippen LogP contribution in [0.25, 0.3) is 0 Å². The van der Waals surface area contributed by atoms with Gasteiger partial charge in [0.2, 0.25) is 12.2 Å². The molecule has 0 bridgehead atoms. The molecule has 0 amide bonds. The maximum atomic E-state index is 12.9. The Morgan fingerprint density at radius 2 is 1.09 bits per heavy atom. The van der Waals surface area contributed by atoms with Crippen molar-refractivity contribution in [1.29, 1.82) is 0 Å². The van der Waals surface area contributed by atoms with Gasteiger partial charge in [-0.1, -0.05) is 79.4 Å². The number of hydrogen-bond donors (Lipinski definition) is 0. The van der Waals surface area contributed by atoms with Crippen LogP contribution in [0.4, 0.5) is 0 Å². The summed E-state index contributed by atoms with van der Waals surface area (Å²) in [6.07, 6.45) is 1.69. The molecule has 0 fully saturated rings. The molecule has 0 spiro atoms. The SMILES string of the molecule is CCC(CC)C(C)COC(=O)C1Oc2ccccc2OC1C(=O)OCC(C)C(CC)CC. The minimum absolute atomic E-state index is 0.219. The summed E-state index contributed by atoms with van der Waals surface area (Å²) in [5.41, 5.74) is 0. The fourth-order valence-electron chi connectivity index (χ4n) is 4.44. The molecule has 1 aromatic rings. The molecule has 0 N–H and O–H groups in total. The van der Waals surface area contributed by atoms with E-state index < -0.39 is 24.1 Å². The first kappa shape index (κ1) is 26.0. The molecule has 2 rings (SSSR count). The Balaban J connectivity index is 2.09. The summed E-state index contributed by atoms with van der Waals surface area (Å²) in [5, 5.41) is 0. The highest BCUT2D eigenvalue weighted by atomic mass is 16.6. The van der Waals surface area contributed by atoms with E-state index in [4.69, 9.17) is 18.9 Å². The number of benzene rings is 1. The van der Waals surface area contributed by atoms with Crippen LogP contribution in [0.15, 0.2) is 24.3 Å². The van der Waals surface area contributed by atoms with Crippen LogP contribution in [-0.2, 0) is 19.1 Å². The lowest BCUT2D eigenvalue weighted by Crippen LogP contribution is -2.51. The Morgan fingerprint density at radius 3 is 1.41 bits per heavy atom. The van der Waals surface area contributed by atoms with Gasteiger partial charge in [-0.2, -0.15) is 0 Å². The normalized spacial score (nSPS) is 19.5. The Morgan fingerprint density at radius 1 is 0.750 bits per heavy atom. The first-order valence-electron chi connectivity index (χ1n) is 12.1. The topological polar surface area (TPSA) is 71.1 Å². The van der Waals surface area contributed by atoms with Crippen LogP contribution in [0.3, 0.4) is 0 Å². The average molecular weight is 449 g/mol. The fourth-order valence-corrected chi connectivity index (χ4v) is 4.44. The third-order valence-corrected chi connectivity index (χ3v) is 6.78. The largest absolute Gasteiger partial charge is 0.470 e. The summed E-state index contributed by atoms with van der Waals surface area (Å²) >= 11 is 0. The number of ether oxygens (including phenoxy) is 4. The highest BCUT2D eigenvalue weighted by molar-refractivity contribution is 5.87. The predicted octanol–water partition coefficient (Wildman–Crippen LogP) is 5.43. The van der Waals surface area contributed by atoms with Crippen molar-refractivity contribution in [2.24, 2.45) is 23.7 Å². The maximum absolute atomic E-state index is 12.9. The Bertz CT molecular complexity index is 664. The number of rotatable bonds is 12. The zero-order chi connectivity index (χ0) is 23.7. The molecule has 180 valence electrons. The van der Waals surface area contributed by atoms with E-state index in [-0.39, 0.29) is 25.0 Å². The zero-order valence-corrected chi connectivity index (χ0v) is 20.5. The molecule has 1 aliphatic heterocycles. The Labute approximate surface area is 193 Å². The number of para-hydroxylation sites is 2. The van der Waals surface area contributed by atoms with Gasteiger partial charge in [-0.15, -0.1) is 0 Å². The lowest BCUT2D eigenvalue weighted by molar-refractivity contribution is -0.173. The second kappa shape index (κ2) is 12.7. The molecule has 32 heavy (non-hydrogen) atoms. The third-order valence-electron chi connectivity index (χ3n) is 6.78. The number of fused-ring (bicyclic) bond motifs is 1. The first-order chi connectivity index (χ1) is 15.4. The van der Waals surface area contributed by atoms with Crippen LogP contribution in [0.2, 0.25) is 0 Å². The summed E-state index contributed by atoms with van der Waals surface area (Å²) in [7, 11) is 0. The molecule has 4 atom stereocenters. The van der Waals surface area contributed by atoms with Crippen LogP contribution < -0.4 is 9.47 Å². The molecule has 6 heteroatoms. The van der Waals surface area contributed by atoms with E-state index in [0.717, 1.165) is 25.7 Å². The number of esters is 2. The molecule has 1 aliphatic rings. The van der Waals surface area contributed by atoms with Crippen molar-refractivity contribution in [3.8, 4) is 11.5 Å². The average Bonchev–Trinajstić information content (AvgIpc) is 2.81. The highest BCUT2D eigenvalue weighted by Gasteiger charge is 2.44. The van der Waals surface area contributed by atoms with Gasteiger partial charge in [-0.25, -0.2) is 9.59 Å². The van der Waals surface area contributed by atoms with E-state index in [0.29, 0.717) is 23.3 Å². The van der Waals surface area contributed by atoms with Gasteiger partial charge in [0.05, 0.1) is 13.2 Å². The molecule has 0 saturated carbocycles. The molecule has 0 saturated heterocycles. The maximum Gasteiger partial charge on any atom is 0.351 e. The molecule has 0 radical (unpaired) electrons. The molecule has 4 unspecified atom stereocenters. The second-order valence-corrected chi connectivity index (χ2v) is 8.89. The van der Waals surface area contributed by atoms with E-state index in [2.05, 4.69) is 41.5 Å². The molecule has 6 nitrogen and oxygen atoms in total. The van der Waals surface area contributed by atoms with Gasteiger partial charge in [-0.3, -0.25) is 0 Å². The standard InChI is InChI=1S/C26H40O6/c1-7-19(8-2)17(5)15-29-25(27)23-24(32-22-14-12-11-13-21(22)31-23)26(28)30-16-18(6)20(9-3)10-4/h11-14,17-20,23-24H,7-10,15-16H2,1-6H3. The van der Waals surface area contributed by atoms with Gasteiger partial charge in [0.15, 0.2) is 11.5 Å². The molecule has 0 aliphatic carbocycles. The van der Waals surface area contributed by atoms with Crippen LogP contribution in [-0.4, -0.2) is 37.4 Å². The third kappa shape index (κ3) is 6.63. The van der Waals surface area contributed by atoms with Crippen molar-refractivity contribution in [1.82, 2.24) is 0 Å². The highest BCUT2D eigenvalue weighted by Crippen LogP contribution is 2.34. The van der Waals surface area contributed by atoms with Crippen molar-refractivity contribution in [2.45, 2.75) is 79.4 Å². The summed E-state index contributed by atoms with van der Waals surface area (Å²) in [4.78, 5) is 25.9. The van der Waals surface area contributed by atoms with E-state index in [1.165, 1.54) is 0 Å². The van der Waals surface area contributed by atoms with Gasteiger partial charge < -0.3 is 18.9 Å². The smallest absolute Gasteiger partial charge is 0.351 e. The van der Waals surface area contributed by atoms with Gasteiger partial charge in [0, 0.05) is 0 Å². The summed E-state index contributed by atoms with van der Waals surface area (Å²) < 4.78 is 22.9. The lowest BCUT2D eigenvalue weighted by atomic mass is 9.90. The van der Waals surface area contributed by atoms with Gasteiger partial charge in [0.1, 0.15) is 0 Å². The van der Waals surface area contributed by atoms with Crippen molar-refractivity contribution in [3.05, 3.63) is 24.3 Å². The number of carbonyl (C=O) groups is 2. The van der Waals surface area contributed by atoms with Crippen LogP contribution in [0.1, 0.15) is 67.2 Å². The minimum atomic E-state index is -1.20. The number of carbonyl (C=O) groups excluding carboxylic acids is 2. The molecule has 1 aromatic carbocycles. The molecule has 1 heterocycles. The van der Waals surface area contributed by atoms with Crippen molar-refractivity contribution in [3.63, 3.8) is 0 Å². The number of hydrogen-bond acceptors (Lipinski definition) is 6. The Kier molecular flexibility index (Phi) is 10.3. The van der Waals surface area contributed by atoms with Crippen molar-refractivity contribution >= 4 is 11.9 Å². The van der Waals surface area contributed by atoms with Crippen LogP contribution in [0, 0.1) is 23.7 Å². The second-order valence-electron chi connectivity index (χ2n) is 8.89. The predicted molar refractivity (Wildman–Crippen MR) is 124 cm³/mol. The summed E-state index contributed by atoms with van der Waals surface area (Å²) in [6.45, 7) is 13.2. The monoisotopic (exact) mass is 448 g/mol. The summed E-state index contributed by atoms with van der Waals surface area (Å²) in [5.74, 6) is 1.00. The van der Waals surface area contributed by atoms with Crippen molar-refractivity contribution in [2.75, 3.05) is 13.2 Å². The van der Waals surface area contributed by atoms with E-state index >= 15 is 0 Å². The fraction of sp³-hybridized carbons (Fsp3) is 0.692. The quantitative estimate of drug-likeness (QED) is 0.397. The van der Waals surface area contributed by atoms with Crippen LogP contribution >= 0.6 is 0 Å². The van der Waals surface area contributed by atoms with Crippen LogP contribution in [0.5, 0.6) is 11.5 Å². The van der Waals surface area contributed by atoms with Gasteiger partial charge in [0.25, 0.3) is 0 Å².